The van der Waals surface area contributed by atoms with Gasteiger partial charge in [0.2, 0.25) is 0 Å². The van der Waals surface area contributed by atoms with Gasteiger partial charge in [0.1, 0.15) is 17.4 Å². The number of aliphatic hydroxyl groups is 1. The second kappa shape index (κ2) is 8.61. The fourth-order valence-electron chi connectivity index (χ4n) is 3.41. The number of aliphatic hydroxyl groups excluding tert-OH is 1. The average Bonchev–Trinajstić information content (AvgIpc) is 2.89. The molecule has 0 saturated carbocycles. The smallest absolute Gasteiger partial charge is 0.413 e. The Morgan fingerprint density at radius 1 is 1.30 bits per heavy atom. The number of aryl methyl sites for hydroxylation is 1. The molecule has 0 unspecified atom stereocenters. The van der Waals surface area contributed by atoms with Gasteiger partial charge in [0, 0.05) is 0 Å². The molecule has 0 aromatic heterocycles. The van der Waals surface area contributed by atoms with Crippen LogP contribution >= 0.6 is 0 Å². The SMILES string of the molecule is CCCCCc1ccc([C@H](O)[C@H]2COC(C)(C)N2C(=O)OC(C)(C)C)cc1. The largest absolute Gasteiger partial charge is 0.444 e. The van der Waals surface area contributed by atoms with Gasteiger partial charge in [-0.3, -0.25) is 4.90 Å². The molecular formula is C22H35NO4. The molecule has 1 aliphatic heterocycles. The summed E-state index contributed by atoms with van der Waals surface area (Å²) in [5, 5.41) is 10.9. The number of hydrogen-bond donors (Lipinski definition) is 1. The molecule has 152 valence electrons. The van der Waals surface area contributed by atoms with Crippen LogP contribution in [0.5, 0.6) is 0 Å². The van der Waals surface area contributed by atoms with Crippen LogP contribution in [-0.2, 0) is 15.9 Å². The highest BCUT2D eigenvalue weighted by molar-refractivity contribution is 5.70. The maximum absolute atomic E-state index is 12.7. The third kappa shape index (κ3) is 5.69. The van der Waals surface area contributed by atoms with Crippen LogP contribution in [0.15, 0.2) is 24.3 Å². The first kappa shape index (κ1) is 21.7. The van der Waals surface area contributed by atoms with Gasteiger partial charge in [-0.05, 0) is 58.6 Å². The Morgan fingerprint density at radius 3 is 2.48 bits per heavy atom. The lowest BCUT2D eigenvalue weighted by Crippen LogP contribution is -2.51. The zero-order valence-electron chi connectivity index (χ0n) is 17.6. The minimum atomic E-state index is -0.830. The van der Waals surface area contributed by atoms with Crippen LogP contribution in [0.3, 0.4) is 0 Å². The van der Waals surface area contributed by atoms with Gasteiger partial charge in [-0.1, -0.05) is 44.0 Å². The van der Waals surface area contributed by atoms with E-state index in [1.54, 1.807) is 0 Å². The van der Waals surface area contributed by atoms with Gasteiger partial charge in [0.15, 0.2) is 0 Å². The van der Waals surface area contributed by atoms with Crippen molar-refractivity contribution in [2.75, 3.05) is 6.61 Å². The molecule has 5 heteroatoms. The Morgan fingerprint density at radius 2 is 1.93 bits per heavy atom. The quantitative estimate of drug-likeness (QED) is 0.722. The van der Waals surface area contributed by atoms with E-state index in [1.807, 2.05) is 46.8 Å². The Labute approximate surface area is 163 Å². The van der Waals surface area contributed by atoms with E-state index in [1.165, 1.54) is 29.7 Å². The lowest BCUT2D eigenvalue weighted by atomic mass is 9.98. The predicted molar refractivity (Wildman–Crippen MR) is 107 cm³/mol. The maximum Gasteiger partial charge on any atom is 0.413 e. The van der Waals surface area contributed by atoms with Crippen LogP contribution in [0.2, 0.25) is 0 Å². The summed E-state index contributed by atoms with van der Waals surface area (Å²) >= 11 is 0. The third-order valence-corrected chi connectivity index (χ3v) is 4.86. The Balaban J connectivity index is 2.13. The molecule has 5 nitrogen and oxygen atoms in total. The Bertz CT molecular complexity index is 618. The fraction of sp³-hybridized carbons (Fsp3) is 0.682. The number of carbonyl (C=O) groups excluding carboxylic acids is 1. The monoisotopic (exact) mass is 377 g/mol. The molecule has 0 spiro atoms. The molecule has 27 heavy (non-hydrogen) atoms. The minimum absolute atomic E-state index is 0.270. The molecular weight excluding hydrogens is 342 g/mol. The van der Waals surface area contributed by atoms with Crippen molar-refractivity contribution < 1.29 is 19.4 Å². The topological polar surface area (TPSA) is 59.0 Å². The predicted octanol–water partition coefficient (Wildman–Crippen LogP) is 4.82. The molecule has 2 rings (SSSR count). The molecule has 2 atom stereocenters. The second-order valence-electron chi connectivity index (χ2n) is 8.82. The number of benzene rings is 1. The van der Waals surface area contributed by atoms with Gasteiger partial charge in [0.05, 0.1) is 12.6 Å². The van der Waals surface area contributed by atoms with E-state index < -0.39 is 29.6 Å². The number of carbonyl (C=O) groups is 1. The Hall–Kier alpha value is -1.59. The van der Waals surface area contributed by atoms with Crippen molar-refractivity contribution >= 4 is 6.09 Å². The van der Waals surface area contributed by atoms with Gasteiger partial charge in [-0.2, -0.15) is 0 Å². The van der Waals surface area contributed by atoms with Crippen molar-refractivity contribution in [1.29, 1.82) is 0 Å². The van der Waals surface area contributed by atoms with E-state index >= 15 is 0 Å². The van der Waals surface area contributed by atoms with Crippen LogP contribution in [0.4, 0.5) is 4.79 Å². The molecule has 1 aromatic rings. The van der Waals surface area contributed by atoms with Crippen molar-refractivity contribution in [1.82, 2.24) is 4.90 Å². The zero-order valence-corrected chi connectivity index (χ0v) is 17.6. The average molecular weight is 378 g/mol. The van der Waals surface area contributed by atoms with Crippen molar-refractivity contribution in [2.45, 2.75) is 90.7 Å². The first-order valence-corrected chi connectivity index (χ1v) is 9.98. The standard InChI is InChI=1S/C22H35NO4/c1-7-8-9-10-16-11-13-17(14-12-16)19(24)18-15-26-22(5,6)23(18)20(25)27-21(2,3)4/h11-14,18-19,24H,7-10,15H2,1-6H3/t18-,19+/m1/s1. The lowest BCUT2D eigenvalue weighted by molar-refractivity contribution is -0.0679. The number of ether oxygens (including phenoxy) is 2. The van der Waals surface area contributed by atoms with E-state index in [4.69, 9.17) is 9.47 Å². The van der Waals surface area contributed by atoms with Crippen LogP contribution in [0.25, 0.3) is 0 Å². The molecule has 1 fully saturated rings. The highest BCUT2D eigenvalue weighted by Crippen LogP contribution is 2.35. The molecule has 1 aliphatic rings. The first-order chi connectivity index (χ1) is 12.5. The summed E-state index contributed by atoms with van der Waals surface area (Å²) in [6, 6.07) is 7.54. The molecule has 0 bridgehead atoms. The van der Waals surface area contributed by atoms with Crippen LogP contribution in [-0.4, -0.2) is 40.1 Å². The number of hydrogen-bond acceptors (Lipinski definition) is 4. The van der Waals surface area contributed by atoms with Crippen molar-refractivity contribution in [3.8, 4) is 0 Å². The second-order valence-corrected chi connectivity index (χ2v) is 8.82. The highest BCUT2D eigenvalue weighted by Gasteiger charge is 2.48. The summed E-state index contributed by atoms with van der Waals surface area (Å²) in [6.45, 7) is 11.6. The maximum atomic E-state index is 12.7. The van der Waals surface area contributed by atoms with Crippen LogP contribution < -0.4 is 0 Å². The van der Waals surface area contributed by atoms with Crippen LogP contribution in [0, 0.1) is 0 Å². The first-order valence-electron chi connectivity index (χ1n) is 9.98. The van der Waals surface area contributed by atoms with Gasteiger partial charge in [-0.15, -0.1) is 0 Å². The molecule has 1 heterocycles. The van der Waals surface area contributed by atoms with Gasteiger partial charge >= 0.3 is 6.09 Å². The third-order valence-electron chi connectivity index (χ3n) is 4.86. The summed E-state index contributed by atoms with van der Waals surface area (Å²) in [6.07, 6.45) is 3.36. The summed E-state index contributed by atoms with van der Waals surface area (Å²) < 4.78 is 11.3. The van der Waals surface area contributed by atoms with Gasteiger partial charge in [-0.25, -0.2) is 4.79 Å². The molecule has 1 aromatic carbocycles. The molecule has 1 N–H and O–H groups in total. The van der Waals surface area contributed by atoms with Crippen molar-refractivity contribution in [3.63, 3.8) is 0 Å². The molecule has 0 aliphatic carbocycles. The number of amides is 1. The van der Waals surface area contributed by atoms with Crippen LogP contribution in [0.1, 0.15) is 78.0 Å². The summed E-state index contributed by atoms with van der Waals surface area (Å²) in [4.78, 5) is 14.3. The Kier molecular flexibility index (Phi) is 6.92. The number of nitrogens with zero attached hydrogens (tertiary/aromatic N) is 1. The molecule has 1 saturated heterocycles. The normalized spacial score (nSPS) is 20.6. The highest BCUT2D eigenvalue weighted by atomic mass is 16.6. The van der Waals surface area contributed by atoms with E-state index in [-0.39, 0.29) is 6.61 Å². The molecule has 1 amide bonds. The fourth-order valence-corrected chi connectivity index (χ4v) is 3.41. The zero-order chi connectivity index (χ0) is 20.2. The number of unbranched alkanes of at least 4 members (excludes halogenated alkanes) is 2. The van der Waals surface area contributed by atoms with E-state index in [2.05, 4.69) is 19.1 Å². The van der Waals surface area contributed by atoms with Gasteiger partial charge in [0.25, 0.3) is 0 Å². The van der Waals surface area contributed by atoms with Gasteiger partial charge < -0.3 is 14.6 Å². The number of rotatable bonds is 6. The summed E-state index contributed by atoms with van der Waals surface area (Å²) in [5.41, 5.74) is 0.625. The minimum Gasteiger partial charge on any atom is -0.444 e. The van der Waals surface area contributed by atoms with Crippen molar-refractivity contribution in [3.05, 3.63) is 35.4 Å². The summed E-state index contributed by atoms with van der Waals surface area (Å²) in [7, 11) is 0. The van der Waals surface area contributed by atoms with E-state index in [9.17, 15) is 9.90 Å². The lowest BCUT2D eigenvalue weighted by Gasteiger charge is -2.36. The summed E-state index contributed by atoms with van der Waals surface area (Å²) in [5.74, 6) is 0. The van der Waals surface area contributed by atoms with E-state index in [0.717, 1.165) is 12.0 Å². The van der Waals surface area contributed by atoms with Crippen molar-refractivity contribution in [2.24, 2.45) is 0 Å². The molecule has 0 radical (unpaired) electrons. The van der Waals surface area contributed by atoms with E-state index in [0.29, 0.717) is 0 Å².